The van der Waals surface area contributed by atoms with E-state index >= 15 is 0 Å². The van der Waals surface area contributed by atoms with Gasteiger partial charge in [-0.3, -0.25) is 0 Å². The molecule has 0 spiro atoms. The Bertz CT molecular complexity index is 785. The number of hydrogen-bond acceptors (Lipinski definition) is 1. The van der Waals surface area contributed by atoms with Gasteiger partial charge in [0.25, 0.3) is 0 Å². The van der Waals surface area contributed by atoms with Gasteiger partial charge in [-0.25, -0.2) is 0 Å². The van der Waals surface area contributed by atoms with Gasteiger partial charge in [0.2, 0.25) is 0 Å². The molecular formula is C21H21N. The van der Waals surface area contributed by atoms with Crippen molar-refractivity contribution in [2.75, 3.05) is 0 Å². The van der Waals surface area contributed by atoms with E-state index in [0.717, 1.165) is 13.0 Å². The monoisotopic (exact) mass is 287 g/mol. The van der Waals surface area contributed by atoms with Gasteiger partial charge in [-0.15, -0.1) is 0 Å². The SMILES string of the molecule is c1ccc2c(c1)CCC(NCc1cccc3ccccc13)C2. The van der Waals surface area contributed by atoms with Crippen LogP contribution in [0.3, 0.4) is 0 Å². The van der Waals surface area contributed by atoms with Crippen LogP contribution >= 0.6 is 0 Å². The number of fused-ring (bicyclic) bond motifs is 2. The molecule has 22 heavy (non-hydrogen) atoms. The lowest BCUT2D eigenvalue weighted by molar-refractivity contribution is 0.458. The summed E-state index contributed by atoms with van der Waals surface area (Å²) in [6, 6.07) is 24.7. The lowest BCUT2D eigenvalue weighted by Crippen LogP contribution is -2.34. The fourth-order valence-corrected chi connectivity index (χ4v) is 3.57. The molecule has 0 heterocycles. The second-order valence-corrected chi connectivity index (χ2v) is 6.23. The first-order valence-corrected chi connectivity index (χ1v) is 8.17. The lowest BCUT2D eigenvalue weighted by Gasteiger charge is -2.25. The van der Waals surface area contributed by atoms with Crippen LogP contribution in [0.15, 0.2) is 66.7 Å². The zero-order valence-corrected chi connectivity index (χ0v) is 12.8. The van der Waals surface area contributed by atoms with Crippen LogP contribution in [0.25, 0.3) is 10.8 Å². The van der Waals surface area contributed by atoms with Gasteiger partial charge >= 0.3 is 0 Å². The predicted molar refractivity (Wildman–Crippen MR) is 93.0 cm³/mol. The van der Waals surface area contributed by atoms with Crippen LogP contribution in [0.4, 0.5) is 0 Å². The fraction of sp³-hybridized carbons (Fsp3) is 0.238. The molecule has 0 amide bonds. The van der Waals surface area contributed by atoms with Gasteiger partial charge in [0, 0.05) is 12.6 Å². The Labute approximate surface area is 132 Å². The van der Waals surface area contributed by atoms with Crippen LogP contribution in [-0.2, 0) is 19.4 Å². The van der Waals surface area contributed by atoms with Crippen molar-refractivity contribution >= 4 is 10.8 Å². The summed E-state index contributed by atoms with van der Waals surface area (Å²) in [6.07, 6.45) is 3.59. The highest BCUT2D eigenvalue weighted by molar-refractivity contribution is 5.85. The summed E-state index contributed by atoms with van der Waals surface area (Å²) < 4.78 is 0. The van der Waals surface area contributed by atoms with Crippen molar-refractivity contribution in [1.29, 1.82) is 0 Å². The predicted octanol–water partition coefficient (Wildman–Crippen LogP) is 4.49. The van der Waals surface area contributed by atoms with Crippen LogP contribution in [0.2, 0.25) is 0 Å². The fourth-order valence-electron chi connectivity index (χ4n) is 3.57. The molecule has 110 valence electrons. The normalized spacial score (nSPS) is 17.4. The number of hydrogen-bond donors (Lipinski definition) is 1. The summed E-state index contributed by atoms with van der Waals surface area (Å²) >= 11 is 0. The maximum atomic E-state index is 3.77. The third-order valence-electron chi connectivity index (χ3n) is 4.81. The largest absolute Gasteiger partial charge is 0.310 e. The zero-order chi connectivity index (χ0) is 14.8. The van der Waals surface area contributed by atoms with Crippen LogP contribution < -0.4 is 5.32 Å². The van der Waals surface area contributed by atoms with Crippen molar-refractivity contribution in [3.05, 3.63) is 83.4 Å². The molecule has 4 rings (SSSR count). The van der Waals surface area contributed by atoms with Gasteiger partial charge in [-0.05, 0) is 46.7 Å². The molecule has 1 heteroatoms. The Kier molecular flexibility index (Phi) is 3.65. The second kappa shape index (κ2) is 5.94. The van der Waals surface area contributed by atoms with Crippen molar-refractivity contribution in [2.45, 2.75) is 31.8 Å². The highest BCUT2D eigenvalue weighted by atomic mass is 14.9. The van der Waals surface area contributed by atoms with E-state index in [9.17, 15) is 0 Å². The Morgan fingerprint density at radius 2 is 1.59 bits per heavy atom. The van der Waals surface area contributed by atoms with Gasteiger partial charge in [0.15, 0.2) is 0 Å². The van der Waals surface area contributed by atoms with Crippen molar-refractivity contribution < 1.29 is 0 Å². The van der Waals surface area contributed by atoms with Crippen LogP contribution in [-0.4, -0.2) is 6.04 Å². The first kappa shape index (κ1) is 13.5. The van der Waals surface area contributed by atoms with Crippen molar-refractivity contribution in [3.8, 4) is 0 Å². The molecule has 0 fully saturated rings. The van der Waals surface area contributed by atoms with E-state index in [1.54, 1.807) is 0 Å². The summed E-state index contributed by atoms with van der Waals surface area (Å²) in [5, 5.41) is 6.47. The van der Waals surface area contributed by atoms with E-state index in [2.05, 4.69) is 72.0 Å². The smallest absolute Gasteiger partial charge is 0.0214 e. The maximum absolute atomic E-state index is 3.77. The molecule has 0 aliphatic heterocycles. The molecule has 0 saturated heterocycles. The third-order valence-corrected chi connectivity index (χ3v) is 4.81. The van der Waals surface area contributed by atoms with Gasteiger partial charge in [0.1, 0.15) is 0 Å². The maximum Gasteiger partial charge on any atom is 0.0214 e. The minimum absolute atomic E-state index is 0.592. The Morgan fingerprint density at radius 3 is 2.55 bits per heavy atom. The van der Waals surface area contributed by atoms with Crippen molar-refractivity contribution in [3.63, 3.8) is 0 Å². The molecule has 0 bridgehead atoms. The minimum atomic E-state index is 0.592. The van der Waals surface area contributed by atoms with Crippen LogP contribution in [0.1, 0.15) is 23.1 Å². The van der Waals surface area contributed by atoms with E-state index in [-0.39, 0.29) is 0 Å². The van der Waals surface area contributed by atoms with Crippen molar-refractivity contribution in [2.24, 2.45) is 0 Å². The first-order valence-electron chi connectivity index (χ1n) is 8.17. The topological polar surface area (TPSA) is 12.0 Å². The third kappa shape index (κ3) is 2.65. The summed E-state index contributed by atoms with van der Waals surface area (Å²) in [5.41, 5.74) is 4.45. The zero-order valence-electron chi connectivity index (χ0n) is 12.8. The molecule has 1 N–H and O–H groups in total. The molecule has 1 aliphatic carbocycles. The highest BCUT2D eigenvalue weighted by Crippen LogP contribution is 2.22. The highest BCUT2D eigenvalue weighted by Gasteiger charge is 2.17. The summed E-state index contributed by atoms with van der Waals surface area (Å²) in [7, 11) is 0. The van der Waals surface area contributed by atoms with E-state index in [0.29, 0.717) is 6.04 Å². The molecular weight excluding hydrogens is 266 g/mol. The Balaban J connectivity index is 1.49. The van der Waals surface area contributed by atoms with Gasteiger partial charge in [0.05, 0.1) is 0 Å². The second-order valence-electron chi connectivity index (χ2n) is 6.23. The molecule has 1 atom stereocenters. The Morgan fingerprint density at radius 1 is 0.818 bits per heavy atom. The van der Waals surface area contributed by atoms with Crippen LogP contribution in [0.5, 0.6) is 0 Å². The molecule has 1 nitrogen and oxygen atoms in total. The Hall–Kier alpha value is -2.12. The van der Waals surface area contributed by atoms with Crippen molar-refractivity contribution in [1.82, 2.24) is 5.32 Å². The number of benzene rings is 3. The van der Waals surface area contributed by atoms with E-state index in [1.807, 2.05) is 0 Å². The minimum Gasteiger partial charge on any atom is -0.310 e. The number of nitrogens with one attached hydrogen (secondary N) is 1. The summed E-state index contributed by atoms with van der Waals surface area (Å²) in [4.78, 5) is 0. The summed E-state index contributed by atoms with van der Waals surface area (Å²) in [5.74, 6) is 0. The molecule has 3 aromatic carbocycles. The standard InChI is InChI=1S/C21H21N/c1-2-8-18-14-20(13-12-16(18)6-1)22-15-19-10-5-9-17-7-3-4-11-21(17)19/h1-11,20,22H,12-15H2. The molecule has 3 aromatic rings. The molecule has 0 radical (unpaired) electrons. The van der Waals surface area contributed by atoms with E-state index in [4.69, 9.17) is 0 Å². The number of rotatable bonds is 3. The van der Waals surface area contributed by atoms with E-state index < -0.39 is 0 Å². The molecule has 0 saturated carbocycles. The van der Waals surface area contributed by atoms with Gasteiger partial charge in [-0.1, -0.05) is 66.7 Å². The van der Waals surface area contributed by atoms with Gasteiger partial charge < -0.3 is 5.32 Å². The molecule has 0 aromatic heterocycles. The average Bonchev–Trinajstić information content (AvgIpc) is 2.60. The molecule has 1 aliphatic rings. The average molecular weight is 287 g/mol. The quantitative estimate of drug-likeness (QED) is 0.748. The molecule has 1 unspecified atom stereocenters. The van der Waals surface area contributed by atoms with Crippen LogP contribution in [0, 0.1) is 0 Å². The van der Waals surface area contributed by atoms with E-state index in [1.165, 1.54) is 40.3 Å². The summed E-state index contributed by atoms with van der Waals surface area (Å²) in [6.45, 7) is 0.953. The first-order chi connectivity index (χ1) is 10.9. The number of aryl methyl sites for hydroxylation is 1. The van der Waals surface area contributed by atoms with Gasteiger partial charge in [-0.2, -0.15) is 0 Å². The lowest BCUT2D eigenvalue weighted by atomic mass is 9.88.